The number of carboxylic acid groups (broad SMARTS) is 1. The Bertz CT molecular complexity index is 3510. The van der Waals surface area contributed by atoms with Crippen LogP contribution in [0.25, 0.3) is 26.5 Å². The number of aryl methyl sites for hydroxylation is 2. The van der Waals surface area contributed by atoms with E-state index in [9.17, 15) is 34.6 Å². The highest BCUT2D eigenvalue weighted by atomic mass is 16.5. The number of rotatable bonds is 19. The topological polar surface area (TPSA) is 278 Å². The van der Waals surface area contributed by atoms with E-state index in [-0.39, 0.29) is 66.4 Å². The van der Waals surface area contributed by atoms with Crippen molar-refractivity contribution in [3.8, 4) is 11.5 Å². The summed E-state index contributed by atoms with van der Waals surface area (Å²) < 4.78 is 9.79. The molecule has 406 valence electrons. The Labute approximate surface area is 456 Å². The molecule has 5 N–H and O–H groups in total. The van der Waals surface area contributed by atoms with Crippen LogP contribution >= 0.6 is 0 Å². The number of hydrogen-bond acceptors (Lipinski definition) is 10. The number of carbonyl (C=O) groups is 5. The molecule has 0 aromatic heterocycles. The van der Waals surface area contributed by atoms with Crippen molar-refractivity contribution < 1.29 is 39.0 Å². The Hall–Kier alpha value is -8.70. The highest BCUT2D eigenvalue weighted by Crippen LogP contribution is 2.48. The third-order valence-electron chi connectivity index (χ3n) is 15.7. The maximum absolute atomic E-state index is 14.5. The monoisotopic (exact) mass is 1070 g/mol. The first-order valence-electron chi connectivity index (χ1n) is 27.5. The van der Waals surface area contributed by atoms with Gasteiger partial charge in [0.15, 0.2) is 0 Å². The molecule has 5 aliphatic rings. The van der Waals surface area contributed by atoms with Crippen molar-refractivity contribution in [1.82, 2.24) is 20.3 Å². The van der Waals surface area contributed by atoms with Gasteiger partial charge in [0, 0.05) is 130 Å². The Morgan fingerprint density at radius 1 is 0.709 bits per heavy atom. The predicted octanol–water partition coefficient (Wildman–Crippen LogP) is 9.34. The molecular formula is C59H63N12O8+. The standard InChI is InChI=1S/C59H62N12O8/c60-67-64-48-24-17-36(31-49(48)65-68-61)35-71(58(75)37-18-21-41(22-19-37)63-50(72)15-3-1-2-4-16-51(73)66-78)30-25-62-57(74)40-20-23-42(59(76)77)45(34-40)52-46-32-38-11-5-7-26-69-28-9-13-43(53(38)69)55(46)79-56-44-14-10-29-70-27-8-6-12-39(54(44)70)33-47(52)56/h17-24,31-34H,1-16,25-30,35H2,(H4-,62,63,66,72,73,74,75,76,77,78)/p+1. The quantitative estimate of drug-likeness (QED) is 0.00981. The number of hydrogen-bond donors (Lipinski definition) is 5. The van der Waals surface area contributed by atoms with Crippen LogP contribution in [-0.4, -0.2) is 84.1 Å². The summed E-state index contributed by atoms with van der Waals surface area (Å²) in [6.45, 7) is 3.90. The average molecular weight is 1070 g/mol. The van der Waals surface area contributed by atoms with Crippen LogP contribution in [0.3, 0.4) is 0 Å². The smallest absolute Gasteiger partial charge is 0.336 e. The molecule has 0 radical (unpaired) electrons. The summed E-state index contributed by atoms with van der Waals surface area (Å²) in [5.41, 5.74) is 29.8. The number of amides is 4. The zero-order chi connectivity index (χ0) is 55.0. The van der Waals surface area contributed by atoms with Gasteiger partial charge >= 0.3 is 5.97 Å². The van der Waals surface area contributed by atoms with Gasteiger partial charge in [-0.1, -0.05) is 35.2 Å². The number of unbranched alkanes of at least 4 members (excludes halogenated alkanes) is 3. The second-order valence-electron chi connectivity index (χ2n) is 20.9. The lowest BCUT2D eigenvalue weighted by molar-refractivity contribution is -0.129. The number of carbonyl (C=O) groups excluding carboxylic acids is 4. The van der Waals surface area contributed by atoms with Crippen LogP contribution in [0.2, 0.25) is 0 Å². The van der Waals surface area contributed by atoms with Crippen molar-refractivity contribution in [2.24, 2.45) is 10.2 Å². The minimum Gasteiger partial charge on any atom is -0.478 e. The van der Waals surface area contributed by atoms with E-state index in [1.807, 2.05) is 0 Å². The number of fused-ring (bicyclic) bond motifs is 4. The van der Waals surface area contributed by atoms with Crippen molar-refractivity contribution in [1.29, 1.82) is 0 Å². The van der Waals surface area contributed by atoms with Crippen LogP contribution in [0.1, 0.15) is 147 Å². The summed E-state index contributed by atoms with van der Waals surface area (Å²) in [4.78, 5) is 76.1. The molecule has 79 heavy (non-hydrogen) atoms. The summed E-state index contributed by atoms with van der Waals surface area (Å²) in [5, 5.41) is 34.9. The minimum atomic E-state index is -1.12. The normalized spacial score (nSPS) is 14.7. The molecule has 0 fully saturated rings. The highest BCUT2D eigenvalue weighted by molar-refractivity contribution is 6.03. The van der Waals surface area contributed by atoms with Gasteiger partial charge in [-0.2, -0.15) is 0 Å². The molecule has 0 saturated heterocycles. The third-order valence-corrected chi connectivity index (χ3v) is 15.7. The molecule has 5 aromatic rings. The summed E-state index contributed by atoms with van der Waals surface area (Å²) >= 11 is 0. The van der Waals surface area contributed by atoms with E-state index < -0.39 is 23.7 Å². The van der Waals surface area contributed by atoms with Gasteiger partial charge in [0.1, 0.15) is 24.6 Å². The summed E-state index contributed by atoms with van der Waals surface area (Å²) in [6, 6.07) is 20.3. The van der Waals surface area contributed by atoms with Crippen molar-refractivity contribution in [3.05, 3.63) is 160 Å². The Morgan fingerprint density at radius 3 is 2.22 bits per heavy atom. The van der Waals surface area contributed by atoms with Gasteiger partial charge in [-0.15, -0.1) is 0 Å². The zero-order valence-corrected chi connectivity index (χ0v) is 44.1. The highest BCUT2D eigenvalue weighted by Gasteiger charge is 2.36. The van der Waals surface area contributed by atoms with Crippen LogP contribution in [0, 0.1) is 0 Å². The number of nitrogens with zero attached hydrogens (tertiary/aromatic N) is 9. The van der Waals surface area contributed by atoms with Gasteiger partial charge in [-0.3, -0.25) is 24.4 Å². The maximum atomic E-state index is 14.5. The maximum Gasteiger partial charge on any atom is 0.336 e. The first-order valence-corrected chi connectivity index (χ1v) is 27.5. The van der Waals surface area contributed by atoms with Crippen LogP contribution in [0.5, 0.6) is 11.5 Å². The van der Waals surface area contributed by atoms with E-state index in [1.165, 1.54) is 51.3 Å². The van der Waals surface area contributed by atoms with Gasteiger partial charge in [0.25, 0.3) is 11.8 Å². The first-order chi connectivity index (χ1) is 38.5. The fraction of sp³-hybridized carbons (Fsp3) is 0.390. The van der Waals surface area contributed by atoms with E-state index >= 15 is 0 Å². The van der Waals surface area contributed by atoms with Crippen molar-refractivity contribution >= 4 is 57.9 Å². The number of benzene rings is 5. The lowest BCUT2D eigenvalue weighted by atomic mass is 9.82. The second-order valence-corrected chi connectivity index (χ2v) is 20.9. The minimum absolute atomic E-state index is 0.00796. The molecule has 0 saturated carbocycles. The Balaban J connectivity index is 0.953. The van der Waals surface area contributed by atoms with E-state index in [0.717, 1.165) is 142 Å². The Kier molecular flexibility index (Phi) is 16.5. The fourth-order valence-electron chi connectivity index (χ4n) is 12.1. The molecule has 0 bridgehead atoms. The van der Waals surface area contributed by atoms with Gasteiger partial charge < -0.3 is 30.3 Å². The molecule has 5 heterocycles. The molecule has 5 aliphatic heterocycles. The number of azide groups is 2. The number of aromatic carboxylic acids is 1. The van der Waals surface area contributed by atoms with Crippen LogP contribution in [-0.2, 0) is 41.8 Å². The molecule has 5 aromatic carbocycles. The molecule has 4 amide bonds. The Morgan fingerprint density at radius 2 is 1.43 bits per heavy atom. The van der Waals surface area contributed by atoms with Crippen molar-refractivity contribution in [2.45, 2.75) is 109 Å². The zero-order valence-electron chi connectivity index (χ0n) is 44.1. The van der Waals surface area contributed by atoms with E-state index in [2.05, 4.69) is 52.3 Å². The van der Waals surface area contributed by atoms with Crippen LogP contribution in [0.15, 0.2) is 83.0 Å². The number of nitrogens with one attached hydrogen (secondary N) is 3. The molecule has 20 nitrogen and oxygen atoms in total. The van der Waals surface area contributed by atoms with Crippen molar-refractivity contribution in [3.63, 3.8) is 0 Å². The third kappa shape index (κ3) is 11.6. The molecule has 0 unspecified atom stereocenters. The van der Waals surface area contributed by atoms with E-state index in [0.29, 0.717) is 29.7 Å². The SMILES string of the molecule is [N-]=[N+]=Nc1ccc(CN(CCNC(=O)c2ccc(C(=O)O)c(C3=c4cc5c6c(c4Oc4c3cc3c7c4CCCN7CCCC3)CCC[N+]=6CCCC5)c2)C(=O)c2ccc(NC(=O)CCCCCCC(=O)NO)cc2)cc1N=[N+]=[N-]. The molecule has 0 spiro atoms. The number of carboxylic acids is 1. The lowest BCUT2D eigenvalue weighted by Crippen LogP contribution is -2.41. The fourth-order valence-corrected chi connectivity index (χ4v) is 12.1. The van der Waals surface area contributed by atoms with Gasteiger partial charge in [-0.25, -0.2) is 14.9 Å². The molecular weight excluding hydrogens is 1000 g/mol. The van der Waals surface area contributed by atoms with Crippen LogP contribution < -0.4 is 40.9 Å². The number of anilines is 2. The molecule has 0 aliphatic carbocycles. The largest absolute Gasteiger partial charge is 0.478 e. The summed E-state index contributed by atoms with van der Waals surface area (Å²) in [5.74, 6) is -1.11. The first kappa shape index (κ1) is 53.7. The van der Waals surface area contributed by atoms with Crippen LogP contribution in [0.4, 0.5) is 22.7 Å². The van der Waals surface area contributed by atoms with E-state index in [4.69, 9.17) is 15.5 Å². The molecule has 0 atom stereocenters. The number of ether oxygens (including phenoxy) is 1. The van der Waals surface area contributed by atoms with Gasteiger partial charge in [0.05, 0.1) is 11.1 Å². The second kappa shape index (κ2) is 24.3. The summed E-state index contributed by atoms with van der Waals surface area (Å²) in [6.07, 6.45) is 12.8. The predicted molar refractivity (Wildman–Crippen MR) is 297 cm³/mol. The average Bonchev–Trinajstić information content (AvgIpc) is 3.91. The molecule has 10 rings (SSSR count). The van der Waals surface area contributed by atoms with Gasteiger partial charge in [-0.05, 0) is 153 Å². The van der Waals surface area contributed by atoms with Gasteiger partial charge in [0.2, 0.25) is 17.2 Å². The van der Waals surface area contributed by atoms with E-state index in [1.54, 1.807) is 41.9 Å². The van der Waals surface area contributed by atoms with Crippen molar-refractivity contribution in [2.75, 3.05) is 49.5 Å². The molecule has 20 heteroatoms. The number of hydroxylamine groups is 1. The lowest BCUT2D eigenvalue weighted by Gasteiger charge is -2.35. The summed E-state index contributed by atoms with van der Waals surface area (Å²) in [7, 11) is 0.